The first-order chi connectivity index (χ1) is 19.3. The monoisotopic (exact) mass is 555 g/mol. The largest absolute Gasteiger partial charge is 0.471 e. The molecule has 0 bridgehead atoms. The molecule has 0 aliphatic carbocycles. The van der Waals surface area contributed by atoms with E-state index in [1.165, 1.54) is 36.3 Å². The number of carbonyl (C=O) groups excluding carboxylic acids is 1. The predicted octanol–water partition coefficient (Wildman–Crippen LogP) is 3.57. The molecule has 0 saturated carbocycles. The Morgan fingerprint density at radius 2 is 1.88 bits per heavy atom. The van der Waals surface area contributed by atoms with Crippen molar-refractivity contribution in [1.29, 1.82) is 0 Å². The number of aromatic nitrogens is 2. The molecule has 0 radical (unpaired) electrons. The van der Waals surface area contributed by atoms with Gasteiger partial charge in [-0.2, -0.15) is 15.3 Å². The highest BCUT2D eigenvalue weighted by Crippen LogP contribution is 2.25. The molecule has 0 atom stereocenters. The van der Waals surface area contributed by atoms with E-state index in [-0.39, 0.29) is 6.61 Å². The molecule has 1 aliphatic rings. The van der Waals surface area contributed by atoms with Crippen LogP contribution in [-0.4, -0.2) is 74.7 Å². The smallest absolute Gasteiger partial charge is 0.215 e. The normalized spacial score (nSPS) is 13.2. The Morgan fingerprint density at radius 3 is 2.40 bits per heavy atom. The van der Waals surface area contributed by atoms with Crippen LogP contribution in [-0.2, 0) is 9.53 Å². The number of anilines is 2. The van der Waals surface area contributed by atoms with Crippen molar-refractivity contribution in [3.05, 3.63) is 47.5 Å². The molecule has 0 spiro atoms. The minimum absolute atomic E-state index is 0.114. The average Bonchev–Trinajstić information content (AvgIpc) is 2.96. The summed E-state index contributed by atoms with van der Waals surface area (Å²) in [6.45, 7) is 13.8. The first-order valence-electron chi connectivity index (χ1n) is 13.2. The molecule has 2 aromatic heterocycles. The number of nitrogens with two attached hydrogens (primary N) is 2. The van der Waals surface area contributed by atoms with Crippen LogP contribution in [0.3, 0.4) is 0 Å². The summed E-state index contributed by atoms with van der Waals surface area (Å²) in [5, 5.41) is 10.8. The van der Waals surface area contributed by atoms with Crippen molar-refractivity contribution < 1.29 is 14.3 Å². The molecule has 0 aromatic carbocycles. The van der Waals surface area contributed by atoms with Gasteiger partial charge in [-0.05, 0) is 65.2 Å². The van der Waals surface area contributed by atoms with Gasteiger partial charge in [0.05, 0.1) is 34.2 Å². The van der Waals surface area contributed by atoms with Gasteiger partial charge in [-0.3, -0.25) is 0 Å². The van der Waals surface area contributed by atoms with Gasteiger partial charge in [0.2, 0.25) is 5.88 Å². The van der Waals surface area contributed by atoms with E-state index in [2.05, 4.69) is 37.6 Å². The summed E-state index contributed by atoms with van der Waals surface area (Å²) in [5.74, 6) is 6.45. The van der Waals surface area contributed by atoms with E-state index >= 15 is 0 Å². The van der Waals surface area contributed by atoms with Crippen molar-refractivity contribution in [2.45, 2.75) is 47.0 Å². The molecule has 0 unspecified atom stereocenters. The molecule has 40 heavy (non-hydrogen) atoms. The highest BCUT2D eigenvalue weighted by Gasteiger charge is 2.17. The lowest BCUT2D eigenvalue weighted by molar-refractivity contribution is -0.106. The highest BCUT2D eigenvalue weighted by atomic mass is 16.5. The van der Waals surface area contributed by atoms with Crippen molar-refractivity contribution in [3.8, 4) is 5.88 Å². The summed E-state index contributed by atoms with van der Waals surface area (Å²) >= 11 is 0. The van der Waals surface area contributed by atoms with Crippen molar-refractivity contribution >= 4 is 36.3 Å². The number of carbonyl (C=O) groups is 1. The number of nitrogens with zero attached hydrogens (tertiary/aromatic N) is 7. The molecule has 3 rings (SSSR count). The highest BCUT2D eigenvalue weighted by molar-refractivity contribution is 5.65. The fraction of sp³-hybridized carbons (Fsp3) is 0.464. The number of methoxy groups -OCH3 is 1. The molecule has 1 aliphatic heterocycles. The number of pyridine rings is 2. The molecule has 4 N–H and O–H groups in total. The molecule has 12 heteroatoms. The number of piperidine rings is 1. The van der Waals surface area contributed by atoms with E-state index in [1.807, 2.05) is 19.9 Å². The van der Waals surface area contributed by atoms with Gasteiger partial charge in [0.15, 0.2) is 0 Å². The summed E-state index contributed by atoms with van der Waals surface area (Å²) in [5.41, 5.74) is 10.9. The summed E-state index contributed by atoms with van der Waals surface area (Å²) in [6.07, 6.45) is 7.69. The van der Waals surface area contributed by atoms with Crippen molar-refractivity contribution in [2.24, 2.45) is 21.8 Å². The maximum absolute atomic E-state index is 8.81. The Morgan fingerprint density at radius 1 is 1.23 bits per heavy atom. The zero-order valence-corrected chi connectivity index (χ0v) is 24.7. The van der Waals surface area contributed by atoms with E-state index in [9.17, 15) is 0 Å². The molecule has 12 nitrogen and oxygen atoms in total. The Labute approximate surface area is 238 Å². The maximum atomic E-state index is 8.81. The number of likely N-dealkylation sites (N-methyl/N-ethyl adjacent to an activating group) is 1. The fourth-order valence-corrected chi connectivity index (χ4v) is 3.73. The first-order valence-corrected chi connectivity index (χ1v) is 13.2. The van der Waals surface area contributed by atoms with Crippen molar-refractivity contribution in [2.75, 3.05) is 50.5 Å². The van der Waals surface area contributed by atoms with Gasteiger partial charge in [-0.15, -0.1) is 0 Å². The number of aldehydes is 1. The molecule has 3 heterocycles. The predicted molar refractivity (Wildman–Crippen MR) is 163 cm³/mol. The minimum atomic E-state index is 0.114. The van der Waals surface area contributed by atoms with Crippen LogP contribution >= 0.6 is 0 Å². The van der Waals surface area contributed by atoms with Crippen molar-refractivity contribution in [3.63, 3.8) is 0 Å². The molecular formula is C28H45N9O3. The lowest BCUT2D eigenvalue weighted by Gasteiger charge is -2.30. The lowest BCUT2D eigenvalue weighted by atomic mass is 10.1. The third-order valence-corrected chi connectivity index (χ3v) is 5.72. The van der Waals surface area contributed by atoms with Crippen LogP contribution in [0.15, 0.2) is 46.4 Å². The molecule has 220 valence electrons. The van der Waals surface area contributed by atoms with Gasteiger partial charge in [-0.25, -0.2) is 15.8 Å². The Kier molecular flexibility index (Phi) is 16.2. The standard InChI is InChI=1S/C23H33N9O.C3H8O.C2H4O/c1-5-28-32(26-3)18-11-12-27-22(15-18)33-16-21(30(4)25)23(24)19-9-10-20(17(2)29-19)31-13-7-6-8-14-31;1-3-4-2;1-2-3/h5,9-12,15H,3,6-8,13-14,16,24-25H2,1-2,4H3;3H2,1-2H3;2H,1H3/b23-21-,28-5-;;. The van der Waals surface area contributed by atoms with Crippen LogP contribution in [0.5, 0.6) is 5.88 Å². The van der Waals surface area contributed by atoms with E-state index in [0.29, 0.717) is 28.7 Å². The third kappa shape index (κ3) is 11.0. The number of hydrazone groups is 2. The second kappa shape index (κ2) is 19.1. The number of hydrogen-bond acceptors (Lipinski definition) is 12. The molecular weight excluding hydrogens is 510 g/mol. The van der Waals surface area contributed by atoms with Gasteiger partial charge in [0, 0.05) is 59.0 Å². The average molecular weight is 556 g/mol. The minimum Gasteiger partial charge on any atom is -0.471 e. The molecule has 1 fully saturated rings. The summed E-state index contributed by atoms with van der Waals surface area (Å²) < 4.78 is 10.4. The topological polar surface area (TPSA) is 148 Å². The summed E-state index contributed by atoms with van der Waals surface area (Å²) in [4.78, 5) is 20.2. The number of hydrazine groups is 1. The molecule has 0 amide bonds. The summed E-state index contributed by atoms with van der Waals surface area (Å²) in [6, 6.07) is 7.49. The maximum Gasteiger partial charge on any atom is 0.215 e. The second-order valence-corrected chi connectivity index (χ2v) is 8.58. The SMILES string of the molecule is C=NN(/N=C\C)c1ccnc(OC/C(=C(/N)c2ccc(N3CCCCC3)c(C)n2)N(C)N)c1.CC=O.CCOC. The number of ether oxygens (including phenoxy) is 2. The van der Waals surface area contributed by atoms with Crippen molar-refractivity contribution in [1.82, 2.24) is 15.0 Å². The lowest BCUT2D eigenvalue weighted by Crippen LogP contribution is -2.32. The quantitative estimate of drug-likeness (QED) is 0.193. The third-order valence-electron chi connectivity index (χ3n) is 5.72. The Balaban J connectivity index is 0.00000103. The van der Waals surface area contributed by atoms with Gasteiger partial charge in [0.1, 0.15) is 12.9 Å². The Bertz CT molecular complexity index is 1100. The van der Waals surface area contributed by atoms with E-state index < -0.39 is 0 Å². The van der Waals surface area contributed by atoms with Crippen LogP contribution < -0.4 is 26.3 Å². The zero-order valence-electron chi connectivity index (χ0n) is 24.7. The van der Waals surface area contributed by atoms with Crippen LogP contribution in [0.1, 0.15) is 51.4 Å². The fourth-order valence-electron chi connectivity index (χ4n) is 3.73. The van der Waals surface area contributed by atoms with E-state index in [4.69, 9.17) is 26.1 Å². The van der Waals surface area contributed by atoms with Crippen LogP contribution in [0.25, 0.3) is 5.70 Å². The van der Waals surface area contributed by atoms with Crippen LogP contribution in [0.2, 0.25) is 0 Å². The van der Waals surface area contributed by atoms with Gasteiger partial charge >= 0.3 is 0 Å². The summed E-state index contributed by atoms with van der Waals surface area (Å²) in [7, 11) is 3.39. The van der Waals surface area contributed by atoms with Crippen LogP contribution in [0.4, 0.5) is 11.4 Å². The number of rotatable bonds is 10. The van der Waals surface area contributed by atoms with E-state index in [1.54, 1.807) is 45.6 Å². The van der Waals surface area contributed by atoms with Gasteiger partial charge < -0.3 is 29.9 Å². The second-order valence-electron chi connectivity index (χ2n) is 8.58. The van der Waals surface area contributed by atoms with Crippen LogP contribution in [0, 0.1) is 6.92 Å². The first kappa shape index (κ1) is 34.0. The van der Waals surface area contributed by atoms with Gasteiger partial charge in [-0.1, -0.05) is 0 Å². The Hall–Kier alpha value is -4.03. The number of aryl methyl sites for hydroxylation is 1. The number of hydrogen-bond donors (Lipinski definition) is 2. The zero-order chi connectivity index (χ0) is 29.9. The molecule has 2 aromatic rings. The van der Waals surface area contributed by atoms with E-state index in [0.717, 1.165) is 37.4 Å². The molecule has 1 saturated heterocycles. The van der Waals surface area contributed by atoms with Gasteiger partial charge in [0.25, 0.3) is 0 Å².